The predicted molar refractivity (Wildman–Crippen MR) is 85.0 cm³/mol. The van der Waals surface area contributed by atoms with Crippen LogP contribution in [0.4, 0.5) is 10.9 Å². The molecule has 22 heavy (non-hydrogen) atoms. The number of hydrogen-bond donors (Lipinski definition) is 2. The lowest BCUT2D eigenvalue weighted by Gasteiger charge is -2.03. The van der Waals surface area contributed by atoms with Gasteiger partial charge in [0, 0.05) is 18.9 Å². The first kappa shape index (κ1) is 14.2. The number of nitrogens with zero attached hydrogens (tertiary/aromatic N) is 3. The number of thiazole rings is 1. The van der Waals surface area contributed by atoms with Crippen molar-refractivity contribution in [1.82, 2.24) is 20.3 Å². The number of rotatable bonds is 5. The number of aromatic nitrogens is 3. The molecule has 0 saturated heterocycles. The van der Waals surface area contributed by atoms with Crippen LogP contribution >= 0.6 is 11.3 Å². The zero-order valence-corrected chi connectivity index (χ0v) is 12.4. The first-order valence-electron chi connectivity index (χ1n) is 6.62. The van der Waals surface area contributed by atoms with Crippen molar-refractivity contribution in [3.63, 3.8) is 0 Å². The number of hydrogen-bond acceptors (Lipinski definition) is 6. The van der Waals surface area contributed by atoms with Crippen LogP contribution in [0.1, 0.15) is 15.2 Å². The molecule has 0 radical (unpaired) electrons. The molecule has 0 aliphatic carbocycles. The van der Waals surface area contributed by atoms with Gasteiger partial charge in [-0.1, -0.05) is 41.7 Å². The molecule has 2 heterocycles. The summed E-state index contributed by atoms with van der Waals surface area (Å²) in [4.78, 5) is 24.9. The Bertz CT molecular complexity index is 745. The van der Waals surface area contributed by atoms with Gasteiger partial charge >= 0.3 is 0 Å². The zero-order chi connectivity index (χ0) is 15.2. The van der Waals surface area contributed by atoms with Crippen LogP contribution in [0.2, 0.25) is 0 Å². The topological polar surface area (TPSA) is 79.8 Å². The molecule has 3 aromatic rings. The van der Waals surface area contributed by atoms with Gasteiger partial charge in [-0.05, 0) is 5.56 Å². The molecule has 0 aliphatic rings. The molecule has 2 N–H and O–H groups in total. The third-order valence-electron chi connectivity index (χ3n) is 2.82. The second-order valence-corrected chi connectivity index (χ2v) is 5.44. The summed E-state index contributed by atoms with van der Waals surface area (Å²) in [7, 11) is 0. The van der Waals surface area contributed by atoms with Crippen LogP contribution in [0.3, 0.4) is 0 Å². The zero-order valence-electron chi connectivity index (χ0n) is 11.6. The number of carbonyl (C=O) groups excluding carboxylic acids is 1. The molecule has 1 amide bonds. The number of benzene rings is 1. The Kier molecular flexibility index (Phi) is 4.35. The van der Waals surface area contributed by atoms with Crippen LogP contribution in [-0.2, 0) is 6.54 Å². The van der Waals surface area contributed by atoms with Crippen LogP contribution in [0.5, 0.6) is 0 Å². The normalized spacial score (nSPS) is 10.2. The SMILES string of the molecule is O=C(NCc1ccccc1)c1cnc(Nc2cnccn2)s1. The fraction of sp³-hybridized carbons (Fsp3) is 0.0667. The van der Waals surface area contributed by atoms with Gasteiger partial charge in [0.1, 0.15) is 4.88 Å². The van der Waals surface area contributed by atoms with Crippen LogP contribution in [0.15, 0.2) is 55.1 Å². The Morgan fingerprint density at radius 1 is 1.09 bits per heavy atom. The van der Waals surface area contributed by atoms with Gasteiger partial charge in [-0.15, -0.1) is 0 Å². The van der Waals surface area contributed by atoms with Crippen molar-refractivity contribution in [1.29, 1.82) is 0 Å². The van der Waals surface area contributed by atoms with E-state index in [2.05, 4.69) is 25.6 Å². The van der Waals surface area contributed by atoms with Gasteiger partial charge in [0.15, 0.2) is 10.9 Å². The highest BCUT2D eigenvalue weighted by Crippen LogP contribution is 2.21. The molecule has 0 spiro atoms. The molecule has 0 fully saturated rings. The Balaban J connectivity index is 1.60. The molecule has 0 unspecified atom stereocenters. The van der Waals surface area contributed by atoms with Crippen molar-refractivity contribution in [2.75, 3.05) is 5.32 Å². The highest BCUT2D eigenvalue weighted by Gasteiger charge is 2.10. The van der Waals surface area contributed by atoms with Gasteiger partial charge in [0.25, 0.3) is 5.91 Å². The smallest absolute Gasteiger partial charge is 0.263 e. The summed E-state index contributed by atoms with van der Waals surface area (Å²) >= 11 is 1.27. The molecule has 0 aliphatic heterocycles. The van der Waals surface area contributed by atoms with E-state index < -0.39 is 0 Å². The van der Waals surface area contributed by atoms with Gasteiger partial charge in [-0.3, -0.25) is 9.78 Å². The Hall–Kier alpha value is -2.80. The van der Waals surface area contributed by atoms with E-state index >= 15 is 0 Å². The molecule has 0 atom stereocenters. The largest absolute Gasteiger partial charge is 0.347 e. The van der Waals surface area contributed by atoms with E-state index in [1.165, 1.54) is 11.3 Å². The van der Waals surface area contributed by atoms with Crippen LogP contribution in [-0.4, -0.2) is 20.9 Å². The molecular weight excluding hydrogens is 298 g/mol. The highest BCUT2D eigenvalue weighted by atomic mass is 32.1. The molecule has 2 aromatic heterocycles. The summed E-state index contributed by atoms with van der Waals surface area (Å²) in [5.74, 6) is 0.446. The molecule has 1 aromatic carbocycles. The number of carbonyl (C=O) groups is 1. The summed E-state index contributed by atoms with van der Waals surface area (Å²) in [6, 6.07) is 9.76. The minimum Gasteiger partial charge on any atom is -0.347 e. The first-order chi connectivity index (χ1) is 10.8. The molecule has 3 rings (SSSR count). The van der Waals surface area contributed by atoms with Gasteiger partial charge in [0.05, 0.1) is 12.4 Å². The Morgan fingerprint density at radius 3 is 2.73 bits per heavy atom. The average molecular weight is 311 g/mol. The van der Waals surface area contributed by atoms with E-state index in [1.54, 1.807) is 24.8 Å². The monoisotopic (exact) mass is 311 g/mol. The highest BCUT2D eigenvalue weighted by molar-refractivity contribution is 7.17. The van der Waals surface area contributed by atoms with Gasteiger partial charge in [0.2, 0.25) is 0 Å². The van der Waals surface area contributed by atoms with E-state index in [-0.39, 0.29) is 5.91 Å². The second kappa shape index (κ2) is 6.77. The van der Waals surface area contributed by atoms with Gasteiger partial charge < -0.3 is 10.6 Å². The van der Waals surface area contributed by atoms with E-state index in [9.17, 15) is 4.79 Å². The standard InChI is InChI=1S/C15H13N5OS/c21-14(18-8-11-4-2-1-3-5-11)12-9-19-15(22-12)20-13-10-16-6-7-17-13/h1-7,9-10H,8H2,(H,18,21)(H,17,19,20). The fourth-order valence-corrected chi connectivity index (χ4v) is 2.51. The summed E-state index contributed by atoms with van der Waals surface area (Å²) in [5.41, 5.74) is 1.05. The Morgan fingerprint density at radius 2 is 1.95 bits per heavy atom. The van der Waals surface area contributed by atoms with Crippen molar-refractivity contribution in [2.24, 2.45) is 0 Å². The quantitative estimate of drug-likeness (QED) is 0.757. The fourth-order valence-electron chi connectivity index (χ4n) is 1.78. The maximum atomic E-state index is 12.1. The van der Waals surface area contributed by atoms with Crippen LogP contribution < -0.4 is 10.6 Å². The number of nitrogens with one attached hydrogen (secondary N) is 2. The van der Waals surface area contributed by atoms with Crippen molar-refractivity contribution in [2.45, 2.75) is 6.54 Å². The van der Waals surface area contributed by atoms with Crippen molar-refractivity contribution < 1.29 is 4.79 Å². The van der Waals surface area contributed by atoms with E-state index in [1.807, 2.05) is 30.3 Å². The third-order valence-corrected chi connectivity index (χ3v) is 3.74. The lowest BCUT2D eigenvalue weighted by atomic mass is 10.2. The van der Waals surface area contributed by atoms with Crippen LogP contribution in [0.25, 0.3) is 0 Å². The predicted octanol–water partition coefficient (Wildman–Crippen LogP) is 2.61. The minimum atomic E-state index is -0.145. The summed E-state index contributed by atoms with van der Waals surface area (Å²) < 4.78 is 0. The number of amides is 1. The molecule has 0 saturated carbocycles. The first-order valence-corrected chi connectivity index (χ1v) is 7.44. The van der Waals surface area contributed by atoms with E-state index in [4.69, 9.17) is 0 Å². The molecule has 110 valence electrons. The van der Waals surface area contributed by atoms with Crippen molar-refractivity contribution >= 4 is 28.2 Å². The summed E-state index contributed by atoms with van der Waals surface area (Å²) in [5, 5.41) is 6.48. The molecule has 0 bridgehead atoms. The number of anilines is 2. The lowest BCUT2D eigenvalue weighted by molar-refractivity contribution is 0.0955. The van der Waals surface area contributed by atoms with Crippen LogP contribution in [0, 0.1) is 0 Å². The van der Waals surface area contributed by atoms with Crippen molar-refractivity contribution in [3.8, 4) is 0 Å². The lowest BCUT2D eigenvalue weighted by Crippen LogP contribution is -2.21. The summed E-state index contributed by atoms with van der Waals surface area (Å²) in [6.07, 6.45) is 6.32. The minimum absolute atomic E-state index is 0.145. The third kappa shape index (κ3) is 3.64. The summed E-state index contributed by atoms with van der Waals surface area (Å²) in [6.45, 7) is 0.491. The van der Waals surface area contributed by atoms with E-state index in [0.29, 0.717) is 22.4 Å². The van der Waals surface area contributed by atoms with E-state index in [0.717, 1.165) is 5.56 Å². The Labute approximate surface area is 131 Å². The van der Waals surface area contributed by atoms with Gasteiger partial charge in [-0.2, -0.15) is 0 Å². The maximum absolute atomic E-state index is 12.1. The van der Waals surface area contributed by atoms with Crippen molar-refractivity contribution in [3.05, 3.63) is 65.6 Å². The molecular formula is C15H13N5OS. The maximum Gasteiger partial charge on any atom is 0.263 e. The van der Waals surface area contributed by atoms with Gasteiger partial charge in [-0.25, -0.2) is 9.97 Å². The second-order valence-electron chi connectivity index (χ2n) is 4.41. The molecule has 6 nitrogen and oxygen atoms in total. The molecule has 7 heteroatoms. The average Bonchev–Trinajstić information content (AvgIpc) is 3.03.